The monoisotopic (exact) mass is 459 g/mol. The maximum absolute atomic E-state index is 12.5. The Kier molecular flexibility index (Phi) is 7.22. The summed E-state index contributed by atoms with van der Waals surface area (Å²) >= 11 is 0. The summed E-state index contributed by atoms with van der Waals surface area (Å²) in [5.74, 6) is 0.0277. The molecule has 0 bridgehead atoms. The van der Waals surface area contributed by atoms with E-state index in [1.807, 2.05) is 66.4 Å². The number of nitrogens with one attached hydrogen (secondary N) is 3. The smallest absolute Gasteiger partial charge is 0.321 e. The van der Waals surface area contributed by atoms with E-state index in [0.717, 1.165) is 31.5 Å². The van der Waals surface area contributed by atoms with Crippen LogP contribution in [0.3, 0.4) is 0 Å². The first-order valence-corrected chi connectivity index (χ1v) is 11.4. The number of hydrogen-bond acceptors (Lipinski definition) is 6. The second-order valence-electron chi connectivity index (χ2n) is 8.28. The van der Waals surface area contributed by atoms with Crippen molar-refractivity contribution >= 4 is 35.1 Å². The van der Waals surface area contributed by atoms with Gasteiger partial charge in [-0.2, -0.15) is 4.98 Å². The molecule has 176 valence electrons. The van der Waals surface area contributed by atoms with E-state index in [2.05, 4.69) is 25.9 Å². The van der Waals surface area contributed by atoms with Crippen LogP contribution >= 0.6 is 0 Å². The van der Waals surface area contributed by atoms with Crippen LogP contribution < -0.4 is 21.7 Å². The van der Waals surface area contributed by atoms with Crippen molar-refractivity contribution in [1.82, 2.24) is 14.9 Å². The Morgan fingerprint density at radius 3 is 2.47 bits per heavy atom. The molecule has 9 heteroatoms. The fourth-order valence-electron chi connectivity index (χ4n) is 3.87. The number of nitrogens with two attached hydrogens (primary N) is 1. The van der Waals surface area contributed by atoms with Crippen LogP contribution in [0.1, 0.15) is 48.1 Å². The lowest BCUT2D eigenvalue weighted by Crippen LogP contribution is -2.38. The first-order valence-electron chi connectivity index (χ1n) is 11.4. The molecule has 4 rings (SSSR count). The fourth-order valence-corrected chi connectivity index (χ4v) is 3.87. The fraction of sp³-hybridized carbons (Fsp3) is 0.280. The van der Waals surface area contributed by atoms with Gasteiger partial charge in [0.05, 0.1) is 5.56 Å². The number of carbonyl (C=O) groups is 2. The molecule has 0 spiro atoms. The molecule has 0 aliphatic carbocycles. The molecule has 1 atom stereocenters. The molecule has 9 nitrogen and oxygen atoms in total. The molecule has 1 aliphatic rings. The number of anilines is 4. The van der Waals surface area contributed by atoms with Crippen LogP contribution in [0.2, 0.25) is 0 Å². The molecule has 3 amide bonds. The van der Waals surface area contributed by atoms with Gasteiger partial charge in [0.25, 0.3) is 5.91 Å². The van der Waals surface area contributed by atoms with Crippen molar-refractivity contribution in [2.45, 2.75) is 32.2 Å². The van der Waals surface area contributed by atoms with Gasteiger partial charge in [0.1, 0.15) is 5.82 Å². The van der Waals surface area contributed by atoms with Crippen LogP contribution in [0.5, 0.6) is 0 Å². The van der Waals surface area contributed by atoms with Crippen LogP contribution in [0.15, 0.2) is 60.8 Å². The quantitative estimate of drug-likeness (QED) is 0.412. The molecule has 1 fully saturated rings. The number of nitrogens with zero attached hydrogens (tertiary/aromatic N) is 3. The maximum atomic E-state index is 12.5. The highest BCUT2D eigenvalue weighted by molar-refractivity contribution is 5.97. The van der Waals surface area contributed by atoms with Gasteiger partial charge in [-0.05, 0) is 49.9 Å². The highest BCUT2D eigenvalue weighted by Crippen LogP contribution is 2.24. The van der Waals surface area contributed by atoms with Crippen LogP contribution in [0.25, 0.3) is 0 Å². The lowest BCUT2D eigenvalue weighted by atomic mass is 10.1. The number of urea groups is 1. The summed E-state index contributed by atoms with van der Waals surface area (Å²) < 4.78 is 0. The summed E-state index contributed by atoms with van der Waals surface area (Å²) in [6.45, 7) is 3.53. The third-order valence-corrected chi connectivity index (χ3v) is 5.72. The van der Waals surface area contributed by atoms with E-state index >= 15 is 0 Å². The number of amides is 3. The summed E-state index contributed by atoms with van der Waals surface area (Å²) in [7, 11) is 0. The number of rotatable bonds is 7. The normalized spacial score (nSPS) is 14.2. The van der Waals surface area contributed by atoms with Crippen molar-refractivity contribution in [1.29, 1.82) is 0 Å². The zero-order chi connectivity index (χ0) is 23.9. The second-order valence-corrected chi connectivity index (χ2v) is 8.28. The Hall–Kier alpha value is -4.14. The summed E-state index contributed by atoms with van der Waals surface area (Å²) in [6.07, 6.45) is 4.64. The molecule has 2 aromatic carbocycles. The van der Waals surface area contributed by atoms with Gasteiger partial charge in [-0.25, -0.2) is 9.78 Å². The Morgan fingerprint density at radius 2 is 1.74 bits per heavy atom. The van der Waals surface area contributed by atoms with Gasteiger partial charge in [0.15, 0.2) is 0 Å². The van der Waals surface area contributed by atoms with Crippen molar-refractivity contribution in [2.24, 2.45) is 5.73 Å². The first kappa shape index (κ1) is 23.0. The molecule has 1 aliphatic heterocycles. The maximum Gasteiger partial charge on any atom is 0.321 e. The molecule has 34 heavy (non-hydrogen) atoms. The van der Waals surface area contributed by atoms with Crippen molar-refractivity contribution in [3.8, 4) is 0 Å². The molecule has 2 heterocycles. The van der Waals surface area contributed by atoms with Gasteiger partial charge >= 0.3 is 6.03 Å². The Balaban J connectivity index is 1.49. The molecule has 5 N–H and O–H groups in total. The summed E-state index contributed by atoms with van der Waals surface area (Å²) in [5.41, 5.74) is 8.16. The average Bonchev–Trinajstić information content (AvgIpc) is 2.85. The predicted molar refractivity (Wildman–Crippen MR) is 133 cm³/mol. The number of benzene rings is 2. The van der Waals surface area contributed by atoms with Gasteiger partial charge in [-0.15, -0.1) is 0 Å². The third kappa shape index (κ3) is 5.80. The second kappa shape index (κ2) is 10.7. The molecular weight excluding hydrogens is 430 g/mol. The van der Waals surface area contributed by atoms with Crippen molar-refractivity contribution in [3.05, 3.63) is 71.9 Å². The number of primary amides is 1. The molecule has 3 aromatic rings. The minimum Gasteiger partial charge on any atom is -0.365 e. The Bertz CT molecular complexity index is 1150. The van der Waals surface area contributed by atoms with Gasteiger partial charge in [0.2, 0.25) is 5.95 Å². The van der Waals surface area contributed by atoms with E-state index in [9.17, 15) is 9.59 Å². The highest BCUT2D eigenvalue weighted by Gasteiger charge is 2.17. The van der Waals surface area contributed by atoms with E-state index in [4.69, 9.17) is 5.73 Å². The third-order valence-electron chi connectivity index (χ3n) is 5.72. The number of hydrogen-bond donors (Lipinski definition) is 4. The number of likely N-dealkylation sites (tertiary alicyclic amines) is 1. The zero-order valence-corrected chi connectivity index (χ0v) is 19.1. The Morgan fingerprint density at radius 1 is 1.00 bits per heavy atom. The van der Waals surface area contributed by atoms with Gasteiger partial charge in [-0.3, -0.25) is 4.79 Å². The van der Waals surface area contributed by atoms with E-state index in [1.54, 1.807) is 0 Å². The van der Waals surface area contributed by atoms with Crippen LogP contribution in [0.4, 0.5) is 27.9 Å². The topological polar surface area (TPSA) is 125 Å². The lowest BCUT2D eigenvalue weighted by molar-refractivity contribution is 0.100. The largest absolute Gasteiger partial charge is 0.365 e. The molecule has 1 aromatic heterocycles. The van der Waals surface area contributed by atoms with Gasteiger partial charge < -0.3 is 26.6 Å². The molecule has 0 unspecified atom stereocenters. The lowest BCUT2D eigenvalue weighted by Gasteiger charge is -2.26. The van der Waals surface area contributed by atoms with Crippen molar-refractivity contribution < 1.29 is 9.59 Å². The molecule has 0 radical (unpaired) electrons. The van der Waals surface area contributed by atoms with Crippen molar-refractivity contribution in [3.63, 3.8) is 0 Å². The van der Waals surface area contributed by atoms with Crippen LogP contribution in [-0.2, 0) is 0 Å². The SMILES string of the molecule is C[C@@H](Nc1nc(Nc2cccc(NC(=O)N3CCCCC3)c2)ncc1C(N)=O)c1ccccc1. The van der Waals surface area contributed by atoms with Gasteiger partial charge in [-0.1, -0.05) is 36.4 Å². The van der Waals surface area contributed by atoms with Gasteiger partial charge in [0, 0.05) is 36.7 Å². The summed E-state index contributed by atoms with van der Waals surface area (Å²) in [4.78, 5) is 35.0. The highest BCUT2D eigenvalue weighted by atomic mass is 16.2. The minimum absolute atomic E-state index is 0.0969. The average molecular weight is 460 g/mol. The van der Waals surface area contributed by atoms with Crippen LogP contribution in [0, 0.1) is 0 Å². The number of aromatic nitrogens is 2. The Labute approximate surface area is 198 Å². The van der Waals surface area contributed by atoms with E-state index in [0.29, 0.717) is 23.1 Å². The molecule has 1 saturated heterocycles. The standard InChI is InChI=1S/C25H29N7O2/c1-17(18-9-4-2-5-10-18)28-23-21(22(26)33)16-27-24(31-23)29-19-11-8-12-20(15-19)30-25(34)32-13-6-3-7-14-32/h2,4-5,8-12,15-17H,3,6-7,13-14H2,1H3,(H2,26,33)(H,30,34)(H2,27,28,29,31)/t17-/m1/s1. The molecule has 0 saturated carbocycles. The zero-order valence-electron chi connectivity index (χ0n) is 19.1. The minimum atomic E-state index is -0.614. The molecular formula is C25H29N7O2. The van der Waals surface area contributed by atoms with Crippen LogP contribution in [-0.4, -0.2) is 39.9 Å². The summed E-state index contributed by atoms with van der Waals surface area (Å²) in [6, 6.07) is 17.0. The van der Waals surface area contributed by atoms with E-state index < -0.39 is 5.91 Å². The number of carbonyl (C=O) groups excluding carboxylic acids is 2. The first-order chi connectivity index (χ1) is 16.5. The number of piperidine rings is 1. The predicted octanol–water partition coefficient (Wildman–Crippen LogP) is 4.51. The van der Waals surface area contributed by atoms with Crippen molar-refractivity contribution in [2.75, 3.05) is 29.0 Å². The summed E-state index contributed by atoms with van der Waals surface area (Å²) in [5, 5.41) is 9.34. The van der Waals surface area contributed by atoms with E-state index in [1.165, 1.54) is 12.6 Å². The van der Waals surface area contributed by atoms with E-state index in [-0.39, 0.29) is 17.6 Å².